The topological polar surface area (TPSA) is 15.8 Å². The number of hydrogen-bond donors (Lipinski definition) is 1. The summed E-state index contributed by atoms with van der Waals surface area (Å²) in [6, 6.07) is 23.3. The van der Waals surface area contributed by atoms with Crippen molar-refractivity contribution < 1.29 is 0 Å². The molecule has 1 heterocycles. The van der Waals surface area contributed by atoms with Gasteiger partial charge in [-0.25, -0.2) is 0 Å². The van der Waals surface area contributed by atoms with E-state index in [9.17, 15) is 0 Å². The van der Waals surface area contributed by atoms with Crippen LogP contribution in [0.5, 0.6) is 0 Å². The van der Waals surface area contributed by atoms with Crippen LogP contribution in [-0.2, 0) is 0 Å². The fourth-order valence-electron chi connectivity index (χ4n) is 2.72. The first-order valence-electron chi connectivity index (χ1n) is 6.58. The summed E-state index contributed by atoms with van der Waals surface area (Å²) in [7, 11) is 0. The molecule has 0 saturated carbocycles. The molecule has 0 aliphatic rings. The highest BCUT2D eigenvalue weighted by molar-refractivity contribution is 9.10. The number of H-pyrrole nitrogens is 1. The molecule has 0 aliphatic heterocycles. The van der Waals surface area contributed by atoms with E-state index < -0.39 is 0 Å². The van der Waals surface area contributed by atoms with Crippen LogP contribution < -0.4 is 0 Å². The van der Waals surface area contributed by atoms with E-state index in [2.05, 4.69) is 81.6 Å². The van der Waals surface area contributed by atoms with Gasteiger partial charge in [0.05, 0.1) is 0 Å². The molecule has 0 unspecified atom stereocenters. The molecule has 0 aliphatic carbocycles. The second kappa shape index (κ2) is 4.50. The predicted molar refractivity (Wildman–Crippen MR) is 88.9 cm³/mol. The molecule has 0 atom stereocenters. The Balaban J connectivity index is 2.06. The zero-order valence-electron chi connectivity index (χ0n) is 10.7. The highest BCUT2D eigenvalue weighted by atomic mass is 79.9. The van der Waals surface area contributed by atoms with Crippen LogP contribution >= 0.6 is 15.9 Å². The number of benzene rings is 3. The highest BCUT2D eigenvalue weighted by Gasteiger charge is 2.08. The fraction of sp³-hybridized carbons (Fsp3) is 0. The molecule has 20 heavy (non-hydrogen) atoms. The number of aromatic amines is 1. The Morgan fingerprint density at radius 2 is 1.55 bits per heavy atom. The molecule has 1 nitrogen and oxygen atoms in total. The Morgan fingerprint density at radius 1 is 0.700 bits per heavy atom. The molecular formula is C18H12BrN. The van der Waals surface area contributed by atoms with Crippen LogP contribution in [0.3, 0.4) is 0 Å². The monoisotopic (exact) mass is 321 g/mol. The quantitative estimate of drug-likeness (QED) is 0.459. The summed E-state index contributed by atoms with van der Waals surface area (Å²) in [6.45, 7) is 0. The van der Waals surface area contributed by atoms with Gasteiger partial charge < -0.3 is 4.98 Å². The minimum absolute atomic E-state index is 1.13. The van der Waals surface area contributed by atoms with Crippen LogP contribution in [0, 0.1) is 0 Å². The van der Waals surface area contributed by atoms with Crippen molar-refractivity contribution in [2.45, 2.75) is 0 Å². The second-order valence-corrected chi connectivity index (χ2v) is 5.77. The van der Waals surface area contributed by atoms with Crippen molar-refractivity contribution in [1.29, 1.82) is 0 Å². The lowest BCUT2D eigenvalue weighted by atomic mass is 10.0. The second-order valence-electron chi connectivity index (χ2n) is 4.91. The lowest BCUT2D eigenvalue weighted by Crippen LogP contribution is -1.77. The van der Waals surface area contributed by atoms with E-state index in [1.54, 1.807) is 0 Å². The molecule has 0 amide bonds. The number of rotatable bonds is 1. The summed E-state index contributed by atoms with van der Waals surface area (Å²) in [5.74, 6) is 0. The zero-order chi connectivity index (χ0) is 13.5. The molecule has 1 N–H and O–H groups in total. The average Bonchev–Trinajstić information content (AvgIpc) is 2.87. The summed E-state index contributed by atoms with van der Waals surface area (Å²) in [5, 5.41) is 2.51. The molecule has 3 aromatic carbocycles. The molecule has 0 radical (unpaired) electrons. The first-order valence-corrected chi connectivity index (χ1v) is 7.37. The molecule has 1 aromatic heterocycles. The normalized spacial score (nSPS) is 11.2. The molecule has 4 rings (SSSR count). The van der Waals surface area contributed by atoms with E-state index in [0.29, 0.717) is 0 Å². The number of fused-ring (bicyclic) bond motifs is 3. The maximum atomic E-state index is 3.66. The van der Waals surface area contributed by atoms with Gasteiger partial charge in [0.1, 0.15) is 0 Å². The van der Waals surface area contributed by atoms with Crippen LogP contribution in [-0.4, -0.2) is 4.98 Å². The fourth-order valence-corrected chi connectivity index (χ4v) is 3.30. The van der Waals surface area contributed by atoms with Crippen molar-refractivity contribution >= 4 is 37.7 Å². The smallest absolute Gasteiger partial charge is 0.0476 e. The third-order valence-electron chi connectivity index (χ3n) is 3.68. The first-order chi connectivity index (χ1) is 9.83. The standard InChI is InChI=1S/C18H12BrN/c19-15-7-4-8-17-18(15)14-11-13(9-10-16(14)20-17)12-5-2-1-3-6-12/h1-11,20H. The van der Waals surface area contributed by atoms with Gasteiger partial charge in [-0.2, -0.15) is 0 Å². The first kappa shape index (κ1) is 11.7. The summed E-state index contributed by atoms with van der Waals surface area (Å²) in [6.07, 6.45) is 0. The van der Waals surface area contributed by atoms with Gasteiger partial charge in [-0.15, -0.1) is 0 Å². The van der Waals surface area contributed by atoms with E-state index in [1.807, 2.05) is 6.07 Å². The van der Waals surface area contributed by atoms with Gasteiger partial charge in [0.15, 0.2) is 0 Å². The van der Waals surface area contributed by atoms with Crippen molar-refractivity contribution in [3.63, 3.8) is 0 Å². The van der Waals surface area contributed by atoms with Gasteiger partial charge in [0.25, 0.3) is 0 Å². The molecule has 96 valence electrons. The van der Waals surface area contributed by atoms with Gasteiger partial charge >= 0.3 is 0 Å². The zero-order valence-corrected chi connectivity index (χ0v) is 12.3. The lowest BCUT2D eigenvalue weighted by molar-refractivity contribution is 1.54. The summed E-state index contributed by atoms with van der Waals surface area (Å²) >= 11 is 3.66. The minimum atomic E-state index is 1.13. The van der Waals surface area contributed by atoms with E-state index in [4.69, 9.17) is 0 Å². The number of nitrogens with one attached hydrogen (secondary N) is 1. The maximum Gasteiger partial charge on any atom is 0.0476 e. The van der Waals surface area contributed by atoms with E-state index in [-0.39, 0.29) is 0 Å². The number of aromatic nitrogens is 1. The Bertz CT molecular complexity index is 907. The maximum absolute atomic E-state index is 3.66. The largest absolute Gasteiger partial charge is 0.354 e. The predicted octanol–water partition coefficient (Wildman–Crippen LogP) is 5.75. The van der Waals surface area contributed by atoms with Crippen molar-refractivity contribution in [1.82, 2.24) is 4.98 Å². The van der Waals surface area contributed by atoms with Crippen molar-refractivity contribution in [2.75, 3.05) is 0 Å². The van der Waals surface area contributed by atoms with Crippen LogP contribution in [0.1, 0.15) is 0 Å². The summed E-state index contributed by atoms with van der Waals surface area (Å²) in [4.78, 5) is 3.47. The molecule has 0 saturated heterocycles. The van der Waals surface area contributed by atoms with Gasteiger partial charge in [-0.3, -0.25) is 0 Å². The Labute approximate surface area is 125 Å². The molecular weight excluding hydrogens is 310 g/mol. The Hall–Kier alpha value is -2.06. The summed E-state index contributed by atoms with van der Waals surface area (Å²) < 4.78 is 1.13. The van der Waals surface area contributed by atoms with Crippen molar-refractivity contribution in [3.8, 4) is 11.1 Å². The Kier molecular flexibility index (Phi) is 2.64. The molecule has 0 spiro atoms. The van der Waals surface area contributed by atoms with Crippen molar-refractivity contribution in [2.24, 2.45) is 0 Å². The van der Waals surface area contributed by atoms with Crippen LogP contribution in [0.15, 0.2) is 71.2 Å². The van der Waals surface area contributed by atoms with Crippen LogP contribution in [0.2, 0.25) is 0 Å². The van der Waals surface area contributed by atoms with Crippen molar-refractivity contribution in [3.05, 3.63) is 71.2 Å². The Morgan fingerprint density at radius 3 is 2.40 bits per heavy atom. The van der Waals surface area contributed by atoms with E-state index in [1.165, 1.54) is 32.9 Å². The van der Waals surface area contributed by atoms with Gasteiger partial charge in [0.2, 0.25) is 0 Å². The van der Waals surface area contributed by atoms with E-state index >= 15 is 0 Å². The minimum Gasteiger partial charge on any atom is -0.354 e. The molecule has 4 aromatic rings. The third kappa shape index (κ3) is 1.76. The number of halogens is 1. The molecule has 0 fully saturated rings. The van der Waals surface area contributed by atoms with Gasteiger partial charge in [-0.05, 0) is 35.4 Å². The van der Waals surface area contributed by atoms with Crippen LogP contribution in [0.4, 0.5) is 0 Å². The molecule has 0 bridgehead atoms. The lowest BCUT2D eigenvalue weighted by Gasteiger charge is -2.02. The molecule has 2 heteroatoms. The SMILES string of the molecule is Brc1cccc2[nH]c3ccc(-c4ccccc4)cc3c12. The summed E-state index contributed by atoms with van der Waals surface area (Å²) in [5.41, 5.74) is 4.83. The third-order valence-corrected chi connectivity index (χ3v) is 4.34. The van der Waals surface area contributed by atoms with Gasteiger partial charge in [0, 0.05) is 26.3 Å². The van der Waals surface area contributed by atoms with Crippen LogP contribution in [0.25, 0.3) is 32.9 Å². The average molecular weight is 322 g/mol. The highest BCUT2D eigenvalue weighted by Crippen LogP contribution is 2.34. The van der Waals surface area contributed by atoms with E-state index in [0.717, 1.165) is 4.47 Å². The van der Waals surface area contributed by atoms with Gasteiger partial charge in [-0.1, -0.05) is 58.4 Å². The number of hydrogen-bond acceptors (Lipinski definition) is 0.